The largest absolute Gasteiger partial charge is 0.454 e. The maximum atomic E-state index is 13.6. The molecule has 6 rings (SSSR count). The van der Waals surface area contributed by atoms with Crippen LogP contribution in [0.1, 0.15) is 41.0 Å². The Labute approximate surface area is 246 Å². The summed E-state index contributed by atoms with van der Waals surface area (Å²) in [6.07, 6.45) is 4.46. The fraction of sp³-hybridized carbons (Fsp3) is 0.419. The van der Waals surface area contributed by atoms with Crippen LogP contribution < -0.4 is 9.47 Å². The molecule has 0 spiro atoms. The molecule has 0 bridgehead atoms. The highest BCUT2D eigenvalue weighted by molar-refractivity contribution is 7.89. The van der Waals surface area contributed by atoms with E-state index in [2.05, 4.69) is 16.1 Å². The maximum Gasteiger partial charge on any atom is 0.248 e. The standard InChI is InChI=1S/C31H36N4O6S/c1-22-3-5-24(6-4-22)7-10-28-30(23(2)32-41-28)42(37,38)35-13-11-26(12-14-35)31(36)34-17-15-33(16-18-34)20-25-8-9-27-29(19-25)40-21-39-27/h3-10,19,26H,11-18,20-21H2,1-2H3/b10-7+. The summed E-state index contributed by atoms with van der Waals surface area (Å²) in [5, 5.41) is 3.95. The molecule has 2 fully saturated rings. The van der Waals surface area contributed by atoms with Gasteiger partial charge in [-0.25, -0.2) is 8.42 Å². The fourth-order valence-corrected chi connectivity index (χ4v) is 7.52. The Morgan fingerprint density at radius 3 is 2.38 bits per heavy atom. The molecule has 0 atom stereocenters. The van der Waals surface area contributed by atoms with E-state index >= 15 is 0 Å². The van der Waals surface area contributed by atoms with E-state index < -0.39 is 10.0 Å². The van der Waals surface area contributed by atoms with Crippen molar-refractivity contribution in [3.05, 3.63) is 70.6 Å². The number of sulfonamides is 1. The summed E-state index contributed by atoms with van der Waals surface area (Å²) in [5.41, 5.74) is 3.57. The molecule has 0 aliphatic carbocycles. The van der Waals surface area contributed by atoms with E-state index in [0.29, 0.717) is 31.6 Å². The van der Waals surface area contributed by atoms with Gasteiger partial charge in [-0.1, -0.05) is 47.1 Å². The average molecular weight is 593 g/mol. The quantitative estimate of drug-likeness (QED) is 0.407. The Balaban J connectivity index is 1.03. The van der Waals surface area contributed by atoms with Gasteiger partial charge >= 0.3 is 0 Å². The van der Waals surface area contributed by atoms with E-state index in [1.165, 1.54) is 4.31 Å². The highest BCUT2D eigenvalue weighted by atomic mass is 32.2. The van der Waals surface area contributed by atoms with Crippen molar-refractivity contribution in [2.45, 2.75) is 38.1 Å². The van der Waals surface area contributed by atoms with Gasteiger partial charge in [0, 0.05) is 51.7 Å². The number of hydrogen-bond donors (Lipinski definition) is 0. The van der Waals surface area contributed by atoms with Crippen LogP contribution in [0, 0.1) is 19.8 Å². The number of piperazine rings is 1. The molecule has 3 aliphatic rings. The van der Waals surface area contributed by atoms with Crippen LogP contribution >= 0.6 is 0 Å². The summed E-state index contributed by atoms with van der Waals surface area (Å²) < 4.78 is 45.1. The highest BCUT2D eigenvalue weighted by Gasteiger charge is 2.37. The third-order valence-electron chi connectivity index (χ3n) is 8.27. The SMILES string of the molecule is Cc1ccc(/C=C/c2onc(C)c2S(=O)(=O)N2CCC(C(=O)N3CCN(Cc4ccc5c(c4)OCO5)CC3)CC2)cc1. The molecular weight excluding hydrogens is 556 g/mol. The lowest BCUT2D eigenvalue weighted by Gasteiger charge is -2.38. The third kappa shape index (κ3) is 5.95. The zero-order chi connectivity index (χ0) is 29.3. The number of benzene rings is 2. The first-order valence-electron chi connectivity index (χ1n) is 14.4. The van der Waals surface area contributed by atoms with Gasteiger partial charge in [-0.05, 0) is 56.0 Å². The molecule has 0 unspecified atom stereocenters. The topological polar surface area (TPSA) is 105 Å². The normalized spacial score (nSPS) is 18.7. The Hall–Kier alpha value is -3.67. The number of hydrogen-bond acceptors (Lipinski definition) is 8. The van der Waals surface area contributed by atoms with Crippen molar-refractivity contribution in [3.8, 4) is 11.5 Å². The molecule has 2 aromatic carbocycles. The smallest absolute Gasteiger partial charge is 0.248 e. The van der Waals surface area contributed by atoms with Crippen LogP contribution in [0.5, 0.6) is 11.5 Å². The molecule has 0 radical (unpaired) electrons. The number of nitrogens with zero attached hydrogens (tertiary/aromatic N) is 4. The van der Waals surface area contributed by atoms with E-state index in [9.17, 15) is 13.2 Å². The first kappa shape index (κ1) is 28.4. The minimum absolute atomic E-state index is 0.0919. The second-order valence-corrected chi connectivity index (χ2v) is 13.0. The van der Waals surface area contributed by atoms with Gasteiger partial charge in [0.15, 0.2) is 22.2 Å². The zero-order valence-electron chi connectivity index (χ0n) is 24.0. The lowest BCUT2D eigenvalue weighted by atomic mass is 9.96. The molecule has 10 nitrogen and oxygen atoms in total. The van der Waals surface area contributed by atoms with Gasteiger partial charge in [0.1, 0.15) is 5.69 Å². The average Bonchev–Trinajstić information content (AvgIpc) is 3.63. The summed E-state index contributed by atoms with van der Waals surface area (Å²) in [6, 6.07) is 13.9. The fourth-order valence-electron chi connectivity index (χ4n) is 5.80. The number of amides is 1. The first-order chi connectivity index (χ1) is 20.3. The van der Waals surface area contributed by atoms with E-state index in [1.807, 2.05) is 54.3 Å². The molecule has 1 amide bonds. The Kier molecular flexibility index (Phi) is 8.06. The summed E-state index contributed by atoms with van der Waals surface area (Å²) in [5.74, 6) is 1.72. The van der Waals surface area contributed by atoms with Crippen molar-refractivity contribution in [1.29, 1.82) is 0 Å². The molecule has 2 saturated heterocycles. The van der Waals surface area contributed by atoms with Gasteiger partial charge in [0.25, 0.3) is 0 Å². The number of carbonyl (C=O) groups excluding carboxylic acids is 1. The number of rotatable bonds is 7. The molecule has 11 heteroatoms. The van der Waals surface area contributed by atoms with E-state index in [0.717, 1.165) is 47.8 Å². The molecule has 0 N–H and O–H groups in total. The minimum Gasteiger partial charge on any atom is -0.454 e. The van der Waals surface area contributed by atoms with Crippen molar-refractivity contribution < 1.29 is 27.2 Å². The lowest BCUT2D eigenvalue weighted by Crippen LogP contribution is -2.51. The molecule has 3 aromatic rings. The van der Waals surface area contributed by atoms with Crippen LogP contribution in [0.25, 0.3) is 12.2 Å². The van der Waals surface area contributed by atoms with Crippen LogP contribution in [0.2, 0.25) is 0 Å². The predicted octanol–water partition coefficient (Wildman–Crippen LogP) is 3.94. The number of fused-ring (bicyclic) bond motifs is 1. The van der Waals surface area contributed by atoms with Crippen molar-refractivity contribution >= 4 is 28.1 Å². The number of ether oxygens (including phenoxy) is 2. The van der Waals surface area contributed by atoms with Gasteiger partial charge in [-0.3, -0.25) is 9.69 Å². The van der Waals surface area contributed by atoms with Crippen LogP contribution in [-0.2, 0) is 21.4 Å². The summed E-state index contributed by atoms with van der Waals surface area (Å²) >= 11 is 0. The molecule has 3 aliphatic heterocycles. The van der Waals surface area contributed by atoms with Gasteiger partial charge in [-0.2, -0.15) is 4.31 Å². The van der Waals surface area contributed by atoms with E-state index in [4.69, 9.17) is 14.0 Å². The minimum atomic E-state index is -3.83. The number of piperidine rings is 1. The van der Waals surface area contributed by atoms with Crippen molar-refractivity contribution in [1.82, 2.24) is 19.3 Å². The van der Waals surface area contributed by atoms with Crippen molar-refractivity contribution in [2.24, 2.45) is 5.92 Å². The van der Waals surface area contributed by atoms with Gasteiger partial charge in [0.05, 0.1) is 0 Å². The Bertz CT molecular complexity index is 1570. The summed E-state index contributed by atoms with van der Waals surface area (Å²) in [7, 11) is -3.83. The van der Waals surface area contributed by atoms with Crippen LogP contribution in [0.4, 0.5) is 0 Å². The second-order valence-electron chi connectivity index (χ2n) is 11.2. The second kappa shape index (κ2) is 11.9. The monoisotopic (exact) mass is 592 g/mol. The first-order valence-corrected chi connectivity index (χ1v) is 15.8. The predicted molar refractivity (Wildman–Crippen MR) is 157 cm³/mol. The summed E-state index contributed by atoms with van der Waals surface area (Å²) in [4.78, 5) is 17.7. The van der Waals surface area contributed by atoms with E-state index in [-0.39, 0.29) is 42.4 Å². The van der Waals surface area contributed by atoms with Crippen LogP contribution in [0.15, 0.2) is 51.9 Å². The van der Waals surface area contributed by atoms with Gasteiger partial charge in [-0.15, -0.1) is 0 Å². The van der Waals surface area contributed by atoms with Crippen LogP contribution in [0.3, 0.4) is 0 Å². The molecule has 42 heavy (non-hydrogen) atoms. The third-order valence-corrected chi connectivity index (χ3v) is 10.3. The molecular formula is C31H36N4O6S. The molecule has 0 saturated carbocycles. The number of aromatic nitrogens is 1. The number of aryl methyl sites for hydroxylation is 2. The Morgan fingerprint density at radius 1 is 0.929 bits per heavy atom. The van der Waals surface area contributed by atoms with Gasteiger partial charge < -0.3 is 18.9 Å². The molecule has 222 valence electrons. The van der Waals surface area contributed by atoms with Crippen molar-refractivity contribution in [2.75, 3.05) is 46.1 Å². The summed E-state index contributed by atoms with van der Waals surface area (Å²) in [6.45, 7) is 8.19. The molecule has 1 aromatic heterocycles. The van der Waals surface area contributed by atoms with E-state index in [1.54, 1.807) is 13.0 Å². The zero-order valence-corrected chi connectivity index (χ0v) is 24.8. The van der Waals surface area contributed by atoms with Crippen LogP contribution in [-0.4, -0.2) is 79.6 Å². The number of carbonyl (C=O) groups is 1. The lowest BCUT2D eigenvalue weighted by molar-refractivity contribution is -0.138. The highest BCUT2D eigenvalue weighted by Crippen LogP contribution is 2.33. The maximum absolute atomic E-state index is 13.6. The Morgan fingerprint density at radius 2 is 1.64 bits per heavy atom. The molecule has 4 heterocycles. The van der Waals surface area contributed by atoms with Gasteiger partial charge in [0.2, 0.25) is 22.7 Å². The van der Waals surface area contributed by atoms with Crippen molar-refractivity contribution in [3.63, 3.8) is 0 Å².